The third-order valence-electron chi connectivity index (χ3n) is 2.48. The molecule has 0 bridgehead atoms. The summed E-state index contributed by atoms with van der Waals surface area (Å²) in [5.41, 5.74) is 1.79. The molecule has 2 nitrogen and oxygen atoms in total. The molecule has 0 unspecified atom stereocenters. The standard InChI is InChI=1S/C14H10FNO.V/c1-2-3-13-12(8-9-16-13)14(17)10-4-6-11(15)7-5-10;/h1-9,16H;/b3-2-;. The van der Waals surface area contributed by atoms with Gasteiger partial charge in [-0.15, -0.1) is 0 Å². The summed E-state index contributed by atoms with van der Waals surface area (Å²) >= 11 is 2.32. The molecule has 18 heavy (non-hydrogen) atoms. The van der Waals surface area contributed by atoms with Crippen LogP contribution in [0.2, 0.25) is 0 Å². The molecular formula is C14H10FNOV. The molecule has 0 aliphatic carbocycles. The quantitative estimate of drug-likeness (QED) is 0.857. The first-order chi connectivity index (χ1) is 8.72. The summed E-state index contributed by atoms with van der Waals surface area (Å²) in [6, 6.07) is 7.26. The van der Waals surface area contributed by atoms with E-state index in [2.05, 4.69) is 22.0 Å². The molecule has 89 valence electrons. The van der Waals surface area contributed by atoms with E-state index < -0.39 is 0 Å². The van der Waals surface area contributed by atoms with E-state index in [1.807, 2.05) is 16.9 Å². The fourth-order valence-corrected chi connectivity index (χ4v) is 1.75. The third-order valence-corrected chi connectivity index (χ3v) is 2.75. The van der Waals surface area contributed by atoms with Gasteiger partial charge in [0.2, 0.25) is 0 Å². The predicted molar refractivity (Wildman–Crippen MR) is 65.7 cm³/mol. The van der Waals surface area contributed by atoms with E-state index in [1.165, 1.54) is 24.3 Å². The second-order valence-electron chi connectivity index (χ2n) is 3.65. The number of H-pyrrole nitrogens is 1. The number of hydrogen-bond donors (Lipinski definition) is 1. The molecule has 2 aromatic rings. The normalized spacial score (nSPS) is 10.7. The Balaban J connectivity index is 2.34. The minimum absolute atomic E-state index is 0.124. The summed E-state index contributed by atoms with van der Waals surface area (Å²) in [6.07, 6.45) is 5.35. The number of hydrogen-bond acceptors (Lipinski definition) is 1. The monoisotopic (exact) mass is 278 g/mol. The average Bonchev–Trinajstić information content (AvgIpc) is 2.84. The first kappa shape index (κ1) is 12.7. The topological polar surface area (TPSA) is 32.9 Å². The SMILES string of the molecule is O=C(c1ccc(F)cc1)c1cc[nH]c1/C=C\[CH]=[V]. The molecule has 0 spiro atoms. The maximum absolute atomic E-state index is 12.8. The van der Waals surface area contributed by atoms with Gasteiger partial charge in [-0.3, -0.25) is 0 Å². The molecule has 2 rings (SSSR count). The zero-order chi connectivity index (χ0) is 13.0. The van der Waals surface area contributed by atoms with E-state index in [0.717, 1.165) is 5.69 Å². The molecule has 4 heteroatoms. The molecule has 1 aromatic carbocycles. The predicted octanol–water partition coefficient (Wildman–Crippen LogP) is 2.75. The van der Waals surface area contributed by atoms with Crippen molar-refractivity contribution in [3.05, 3.63) is 65.2 Å². The van der Waals surface area contributed by atoms with Crippen molar-refractivity contribution in [2.24, 2.45) is 0 Å². The Morgan fingerprint density at radius 3 is 2.61 bits per heavy atom. The molecule has 1 aromatic heterocycles. The number of benzene rings is 1. The first-order valence-electron chi connectivity index (χ1n) is 5.34. The second-order valence-corrected chi connectivity index (χ2v) is 4.11. The summed E-state index contributed by atoms with van der Waals surface area (Å²) in [5, 5.41) is 0. The molecule has 1 N–H and O–H groups in total. The van der Waals surface area contributed by atoms with E-state index in [4.69, 9.17) is 0 Å². The van der Waals surface area contributed by atoms with Crippen molar-refractivity contribution >= 4 is 16.6 Å². The van der Waals surface area contributed by atoms with Crippen LogP contribution in [-0.4, -0.2) is 15.5 Å². The number of carbonyl (C=O) groups is 1. The number of ketones is 1. The van der Waals surface area contributed by atoms with Gasteiger partial charge in [-0.25, -0.2) is 0 Å². The van der Waals surface area contributed by atoms with Crippen molar-refractivity contribution in [3.8, 4) is 0 Å². The van der Waals surface area contributed by atoms with Gasteiger partial charge in [-0.05, 0) is 0 Å². The fraction of sp³-hybridized carbons (Fsp3) is 0. The van der Waals surface area contributed by atoms with Gasteiger partial charge in [-0.2, -0.15) is 0 Å². The van der Waals surface area contributed by atoms with Crippen LogP contribution in [0, 0.1) is 5.82 Å². The van der Waals surface area contributed by atoms with Crippen molar-refractivity contribution in [3.63, 3.8) is 0 Å². The van der Waals surface area contributed by atoms with Gasteiger partial charge in [0.15, 0.2) is 0 Å². The average molecular weight is 278 g/mol. The fourth-order valence-electron chi connectivity index (χ4n) is 1.61. The summed E-state index contributed by atoms with van der Waals surface area (Å²) < 4.78 is 14.6. The Labute approximate surface area is 113 Å². The molecule has 1 heterocycles. The van der Waals surface area contributed by atoms with Crippen molar-refractivity contribution in [1.29, 1.82) is 0 Å². The summed E-state index contributed by atoms with van der Waals surface area (Å²) in [7, 11) is 0. The van der Waals surface area contributed by atoms with Crippen LogP contribution >= 0.6 is 0 Å². The first-order valence-corrected chi connectivity index (χ1v) is 6.15. The number of allylic oxidation sites excluding steroid dienone is 1. The van der Waals surface area contributed by atoms with E-state index in [1.54, 1.807) is 12.3 Å². The zero-order valence-corrected chi connectivity index (χ0v) is 10.8. The van der Waals surface area contributed by atoms with Crippen LogP contribution in [0.5, 0.6) is 0 Å². The van der Waals surface area contributed by atoms with Gasteiger partial charge < -0.3 is 0 Å². The molecule has 0 fully saturated rings. The number of halogens is 1. The molecule has 0 atom stereocenters. The van der Waals surface area contributed by atoms with Gasteiger partial charge in [0, 0.05) is 0 Å². The van der Waals surface area contributed by atoms with Crippen LogP contribution in [-0.2, 0) is 17.0 Å². The Kier molecular flexibility index (Phi) is 4.08. The van der Waals surface area contributed by atoms with Crippen LogP contribution in [0.1, 0.15) is 21.6 Å². The van der Waals surface area contributed by atoms with Crippen LogP contribution in [0.15, 0.2) is 42.6 Å². The molecule has 0 aliphatic heterocycles. The number of carbonyl (C=O) groups excluding carboxylic acids is 1. The Morgan fingerprint density at radius 1 is 1.22 bits per heavy atom. The van der Waals surface area contributed by atoms with Crippen LogP contribution in [0.4, 0.5) is 4.39 Å². The Morgan fingerprint density at radius 2 is 1.94 bits per heavy atom. The van der Waals surface area contributed by atoms with E-state index in [-0.39, 0.29) is 11.6 Å². The molecule has 0 aliphatic rings. The molecular weight excluding hydrogens is 268 g/mol. The van der Waals surface area contributed by atoms with E-state index in [9.17, 15) is 9.18 Å². The molecule has 0 amide bonds. The summed E-state index contributed by atoms with van der Waals surface area (Å²) in [6.45, 7) is 0. The van der Waals surface area contributed by atoms with E-state index >= 15 is 0 Å². The van der Waals surface area contributed by atoms with Crippen LogP contribution < -0.4 is 0 Å². The van der Waals surface area contributed by atoms with Crippen molar-refractivity contribution in [2.45, 2.75) is 0 Å². The second kappa shape index (κ2) is 5.76. The van der Waals surface area contributed by atoms with Crippen molar-refractivity contribution in [2.75, 3.05) is 0 Å². The Hall–Kier alpha value is -1.71. The number of aromatic nitrogens is 1. The number of rotatable bonds is 4. The maximum atomic E-state index is 12.8. The van der Waals surface area contributed by atoms with Gasteiger partial charge in [0.25, 0.3) is 0 Å². The van der Waals surface area contributed by atoms with Crippen LogP contribution in [0.25, 0.3) is 6.08 Å². The minimum atomic E-state index is -0.348. The summed E-state index contributed by atoms with van der Waals surface area (Å²) in [4.78, 5) is 15.2. The molecule has 0 saturated carbocycles. The van der Waals surface area contributed by atoms with E-state index in [0.29, 0.717) is 11.1 Å². The Bertz CT molecular complexity index is 599. The van der Waals surface area contributed by atoms with Gasteiger partial charge in [0.05, 0.1) is 0 Å². The third kappa shape index (κ3) is 2.75. The molecule has 0 saturated heterocycles. The number of aromatic amines is 1. The summed E-state index contributed by atoms with van der Waals surface area (Å²) in [5.74, 6) is -0.472. The van der Waals surface area contributed by atoms with Crippen molar-refractivity contribution in [1.82, 2.24) is 4.98 Å². The van der Waals surface area contributed by atoms with Crippen LogP contribution in [0.3, 0.4) is 0 Å². The van der Waals surface area contributed by atoms with Gasteiger partial charge >= 0.3 is 113 Å². The zero-order valence-electron chi connectivity index (χ0n) is 9.43. The van der Waals surface area contributed by atoms with Gasteiger partial charge in [0.1, 0.15) is 0 Å². The van der Waals surface area contributed by atoms with Gasteiger partial charge in [-0.1, -0.05) is 0 Å². The molecule has 0 radical (unpaired) electrons. The van der Waals surface area contributed by atoms with Crippen molar-refractivity contribution < 1.29 is 26.2 Å². The number of nitrogens with one attached hydrogen (secondary N) is 1.